The molecule has 34 heavy (non-hydrogen) atoms. The number of anilines is 1. The summed E-state index contributed by atoms with van der Waals surface area (Å²) in [5, 5.41) is 2.72. The maximum atomic E-state index is 14.1. The molecular formula is C23H21ClF2N2O5S. The predicted octanol–water partition coefficient (Wildman–Crippen LogP) is 4.14. The molecule has 0 aliphatic carbocycles. The van der Waals surface area contributed by atoms with Crippen molar-refractivity contribution in [2.75, 3.05) is 26.1 Å². The highest BCUT2D eigenvalue weighted by atomic mass is 35.5. The largest absolute Gasteiger partial charge is 0.493 e. The van der Waals surface area contributed by atoms with Gasteiger partial charge in [0.15, 0.2) is 11.5 Å². The number of carbonyl (C=O) groups is 1. The summed E-state index contributed by atoms with van der Waals surface area (Å²) in [6.45, 7) is -0.601. The highest BCUT2D eigenvalue weighted by molar-refractivity contribution is 7.89. The van der Waals surface area contributed by atoms with Gasteiger partial charge in [0.25, 0.3) is 0 Å². The summed E-state index contributed by atoms with van der Waals surface area (Å²) in [7, 11) is -1.27. The van der Waals surface area contributed by atoms with Gasteiger partial charge in [-0.15, -0.1) is 0 Å². The van der Waals surface area contributed by atoms with Crippen molar-refractivity contribution in [2.24, 2.45) is 0 Å². The Morgan fingerprint density at radius 3 is 2.24 bits per heavy atom. The molecule has 1 amide bonds. The molecule has 180 valence electrons. The zero-order valence-electron chi connectivity index (χ0n) is 18.2. The van der Waals surface area contributed by atoms with Crippen molar-refractivity contribution in [3.05, 3.63) is 82.4 Å². The molecule has 0 saturated carbocycles. The van der Waals surface area contributed by atoms with Gasteiger partial charge in [-0.3, -0.25) is 4.79 Å². The summed E-state index contributed by atoms with van der Waals surface area (Å²) in [5.41, 5.74) is 0.273. The van der Waals surface area contributed by atoms with Crippen molar-refractivity contribution < 1.29 is 31.5 Å². The molecular weight excluding hydrogens is 490 g/mol. The third-order valence-corrected chi connectivity index (χ3v) is 6.65. The molecule has 7 nitrogen and oxygen atoms in total. The molecule has 0 aliphatic heterocycles. The molecule has 0 bridgehead atoms. The van der Waals surface area contributed by atoms with Crippen LogP contribution in [0.25, 0.3) is 0 Å². The molecule has 0 fully saturated rings. The molecule has 2 N–H and O–H groups in total. The number of hydrogen-bond acceptors (Lipinski definition) is 5. The minimum atomic E-state index is -4.05. The van der Waals surface area contributed by atoms with E-state index >= 15 is 0 Å². The predicted molar refractivity (Wildman–Crippen MR) is 124 cm³/mol. The Morgan fingerprint density at radius 2 is 1.59 bits per heavy atom. The lowest BCUT2D eigenvalue weighted by Crippen LogP contribution is -2.33. The number of halogens is 3. The van der Waals surface area contributed by atoms with Crippen LogP contribution < -0.4 is 19.5 Å². The summed E-state index contributed by atoms with van der Waals surface area (Å²) in [5.74, 6) is -1.65. The average Bonchev–Trinajstić information content (AvgIpc) is 2.81. The van der Waals surface area contributed by atoms with Crippen LogP contribution in [-0.4, -0.2) is 35.1 Å². The van der Waals surface area contributed by atoms with Crippen LogP contribution in [0, 0.1) is 11.6 Å². The first-order valence-corrected chi connectivity index (χ1v) is 11.7. The Labute approximate surface area is 200 Å². The fraction of sp³-hybridized carbons (Fsp3) is 0.174. The lowest BCUT2D eigenvalue weighted by atomic mass is 10.0. The van der Waals surface area contributed by atoms with Crippen LogP contribution in [0.4, 0.5) is 14.5 Å². The van der Waals surface area contributed by atoms with Gasteiger partial charge in [0.2, 0.25) is 15.9 Å². The number of amides is 1. The molecule has 3 aromatic carbocycles. The standard InChI is InChI=1S/C23H21ClF2N2O5S/c1-32-21-10-9-14(11-22(21)33-2)34(30,31)27-13-23(29)28-20-8-3-5-17(24)15(20)12-16-18(25)6-4-7-19(16)26/h3-11,27H,12-13H2,1-2H3,(H,28,29). The van der Waals surface area contributed by atoms with E-state index in [4.69, 9.17) is 21.1 Å². The number of benzene rings is 3. The number of sulfonamides is 1. The fourth-order valence-corrected chi connectivity index (χ4v) is 4.39. The summed E-state index contributed by atoms with van der Waals surface area (Å²) in [6, 6.07) is 12.0. The highest BCUT2D eigenvalue weighted by Crippen LogP contribution is 2.30. The Bertz CT molecular complexity index is 1300. The van der Waals surface area contributed by atoms with Gasteiger partial charge in [-0.25, -0.2) is 21.9 Å². The summed E-state index contributed by atoms with van der Waals surface area (Å²) in [6.07, 6.45) is -0.217. The van der Waals surface area contributed by atoms with Crippen LogP contribution >= 0.6 is 11.6 Å². The van der Waals surface area contributed by atoms with E-state index in [0.717, 1.165) is 12.1 Å². The molecule has 0 aliphatic rings. The van der Waals surface area contributed by atoms with Crippen molar-refractivity contribution in [1.29, 1.82) is 0 Å². The lowest BCUT2D eigenvalue weighted by Gasteiger charge is -2.14. The molecule has 0 spiro atoms. The highest BCUT2D eigenvalue weighted by Gasteiger charge is 2.20. The van der Waals surface area contributed by atoms with E-state index < -0.39 is 34.1 Å². The maximum absolute atomic E-state index is 14.1. The Kier molecular flexibility index (Phi) is 8.08. The smallest absolute Gasteiger partial charge is 0.241 e. The van der Waals surface area contributed by atoms with E-state index in [2.05, 4.69) is 10.0 Å². The summed E-state index contributed by atoms with van der Waals surface area (Å²) in [4.78, 5) is 12.4. The third-order valence-electron chi connectivity index (χ3n) is 4.90. The van der Waals surface area contributed by atoms with Crippen LogP contribution in [0.2, 0.25) is 5.02 Å². The molecule has 0 saturated heterocycles. The number of methoxy groups -OCH3 is 2. The quantitative estimate of drug-likeness (QED) is 0.451. The van der Waals surface area contributed by atoms with Crippen molar-refractivity contribution in [2.45, 2.75) is 11.3 Å². The minimum absolute atomic E-state index is 0.128. The van der Waals surface area contributed by atoms with E-state index in [9.17, 15) is 22.0 Å². The first-order chi connectivity index (χ1) is 16.2. The average molecular weight is 511 g/mol. The van der Waals surface area contributed by atoms with Gasteiger partial charge in [0.05, 0.1) is 25.7 Å². The monoisotopic (exact) mass is 510 g/mol. The Balaban J connectivity index is 1.75. The van der Waals surface area contributed by atoms with Crippen molar-refractivity contribution in [3.8, 4) is 11.5 Å². The SMILES string of the molecule is COc1ccc(S(=O)(=O)NCC(=O)Nc2cccc(Cl)c2Cc2c(F)cccc2F)cc1OC. The van der Waals surface area contributed by atoms with Gasteiger partial charge in [0.1, 0.15) is 11.6 Å². The van der Waals surface area contributed by atoms with Crippen molar-refractivity contribution >= 4 is 33.2 Å². The van der Waals surface area contributed by atoms with E-state index in [1.807, 2.05) is 0 Å². The van der Waals surface area contributed by atoms with Crippen LogP contribution in [0.15, 0.2) is 59.5 Å². The zero-order chi connectivity index (χ0) is 24.9. The van der Waals surface area contributed by atoms with E-state index in [-0.39, 0.29) is 38.9 Å². The first-order valence-electron chi connectivity index (χ1n) is 9.88. The third kappa shape index (κ3) is 5.82. The minimum Gasteiger partial charge on any atom is -0.493 e. The topological polar surface area (TPSA) is 93.7 Å². The number of rotatable bonds is 9. The van der Waals surface area contributed by atoms with Gasteiger partial charge < -0.3 is 14.8 Å². The van der Waals surface area contributed by atoms with Crippen LogP contribution in [-0.2, 0) is 21.2 Å². The molecule has 0 atom stereocenters. The van der Waals surface area contributed by atoms with Gasteiger partial charge in [0, 0.05) is 28.8 Å². The number of carbonyl (C=O) groups excluding carboxylic acids is 1. The van der Waals surface area contributed by atoms with Crippen molar-refractivity contribution in [1.82, 2.24) is 4.72 Å². The fourth-order valence-electron chi connectivity index (χ4n) is 3.16. The second-order valence-corrected chi connectivity index (χ2v) is 9.21. The molecule has 3 aromatic rings. The van der Waals surface area contributed by atoms with Crippen molar-refractivity contribution in [3.63, 3.8) is 0 Å². The number of hydrogen-bond donors (Lipinski definition) is 2. The zero-order valence-corrected chi connectivity index (χ0v) is 19.8. The van der Waals surface area contributed by atoms with Gasteiger partial charge in [-0.1, -0.05) is 23.7 Å². The molecule has 3 rings (SSSR count). The normalized spacial score (nSPS) is 11.2. The van der Waals surface area contributed by atoms with Gasteiger partial charge in [-0.2, -0.15) is 0 Å². The molecule has 0 radical (unpaired) electrons. The maximum Gasteiger partial charge on any atom is 0.241 e. The Morgan fingerprint density at radius 1 is 0.941 bits per heavy atom. The molecule has 0 unspecified atom stereocenters. The van der Waals surface area contributed by atoms with Crippen LogP contribution in [0.1, 0.15) is 11.1 Å². The molecule has 0 heterocycles. The summed E-state index contributed by atoms with van der Waals surface area (Å²) < 4.78 is 65.8. The first kappa shape index (κ1) is 25.4. The van der Waals surface area contributed by atoms with Gasteiger partial charge in [-0.05, 0) is 42.0 Å². The van der Waals surface area contributed by atoms with E-state index in [1.165, 1.54) is 50.6 Å². The van der Waals surface area contributed by atoms with Crippen LogP contribution in [0.5, 0.6) is 11.5 Å². The van der Waals surface area contributed by atoms with E-state index in [0.29, 0.717) is 5.75 Å². The number of ether oxygens (including phenoxy) is 2. The van der Waals surface area contributed by atoms with E-state index in [1.54, 1.807) is 6.07 Å². The second-order valence-electron chi connectivity index (χ2n) is 7.03. The van der Waals surface area contributed by atoms with Gasteiger partial charge >= 0.3 is 0 Å². The van der Waals surface area contributed by atoms with Crippen LogP contribution in [0.3, 0.4) is 0 Å². The molecule has 0 aromatic heterocycles. The second kappa shape index (κ2) is 10.8. The summed E-state index contributed by atoms with van der Waals surface area (Å²) >= 11 is 6.22. The molecule has 11 heteroatoms. The Hall–Kier alpha value is -3.21. The lowest BCUT2D eigenvalue weighted by molar-refractivity contribution is -0.115. The number of nitrogens with one attached hydrogen (secondary N) is 2.